The van der Waals surface area contributed by atoms with Crippen LogP contribution in [0.4, 0.5) is 0 Å². The number of nitrogens with zero attached hydrogens (tertiary/aromatic N) is 4. The number of nitrogens with one attached hydrogen (secondary N) is 1. The second-order valence-corrected chi connectivity index (χ2v) is 5.32. The molecule has 2 heterocycles. The fourth-order valence-electron chi connectivity index (χ4n) is 2.40. The Morgan fingerprint density at radius 3 is 2.67 bits per heavy atom. The molecular weight excluding hydrogens is 266 g/mol. The van der Waals surface area contributed by atoms with Crippen LogP contribution >= 0.6 is 0 Å². The molecule has 0 aliphatic rings. The van der Waals surface area contributed by atoms with Gasteiger partial charge in [-0.2, -0.15) is 10.2 Å². The third-order valence-electron chi connectivity index (χ3n) is 3.61. The maximum absolute atomic E-state index is 12.0. The van der Waals surface area contributed by atoms with E-state index in [0.29, 0.717) is 13.0 Å². The molecule has 0 fully saturated rings. The summed E-state index contributed by atoms with van der Waals surface area (Å²) in [6.07, 6.45) is 5.99. The van der Waals surface area contributed by atoms with Crippen LogP contribution in [0.1, 0.15) is 43.1 Å². The van der Waals surface area contributed by atoms with Gasteiger partial charge in [-0.05, 0) is 33.3 Å². The van der Waals surface area contributed by atoms with E-state index < -0.39 is 0 Å². The number of carbonyl (C=O) groups is 1. The largest absolute Gasteiger partial charge is 0.349 e. The summed E-state index contributed by atoms with van der Waals surface area (Å²) in [4.78, 5) is 12.0. The van der Waals surface area contributed by atoms with Gasteiger partial charge in [0.2, 0.25) is 5.91 Å². The number of rotatable bonds is 6. The summed E-state index contributed by atoms with van der Waals surface area (Å²) in [5.41, 5.74) is 3.28. The van der Waals surface area contributed by atoms with Crippen molar-refractivity contribution in [3.8, 4) is 0 Å². The van der Waals surface area contributed by atoms with Gasteiger partial charge in [-0.15, -0.1) is 0 Å². The van der Waals surface area contributed by atoms with Gasteiger partial charge >= 0.3 is 0 Å². The van der Waals surface area contributed by atoms with Gasteiger partial charge in [0.1, 0.15) is 0 Å². The van der Waals surface area contributed by atoms with Crippen molar-refractivity contribution < 1.29 is 4.79 Å². The van der Waals surface area contributed by atoms with Crippen LogP contribution in [-0.4, -0.2) is 25.5 Å². The minimum absolute atomic E-state index is 0.0271. The number of carbonyl (C=O) groups excluding carboxylic acids is 1. The summed E-state index contributed by atoms with van der Waals surface area (Å²) in [6.45, 7) is 9.49. The molecule has 21 heavy (non-hydrogen) atoms. The minimum Gasteiger partial charge on any atom is -0.349 e. The Bertz CT molecular complexity index is 613. The molecule has 114 valence electrons. The lowest BCUT2D eigenvalue weighted by Crippen LogP contribution is -2.27. The monoisotopic (exact) mass is 289 g/mol. The van der Waals surface area contributed by atoms with Gasteiger partial charge < -0.3 is 5.32 Å². The lowest BCUT2D eigenvalue weighted by Gasteiger charge is -2.14. The van der Waals surface area contributed by atoms with Crippen molar-refractivity contribution >= 4 is 5.91 Å². The fourth-order valence-corrected chi connectivity index (χ4v) is 2.40. The van der Waals surface area contributed by atoms with E-state index in [-0.39, 0.29) is 11.9 Å². The van der Waals surface area contributed by atoms with E-state index in [1.165, 1.54) is 0 Å². The summed E-state index contributed by atoms with van der Waals surface area (Å²) < 4.78 is 3.73. The first-order valence-corrected chi connectivity index (χ1v) is 7.32. The normalized spacial score (nSPS) is 12.4. The smallest absolute Gasteiger partial charge is 0.222 e. The first kappa shape index (κ1) is 15.3. The average Bonchev–Trinajstić information content (AvgIpc) is 3.02. The lowest BCUT2D eigenvalue weighted by atomic mass is 10.1. The van der Waals surface area contributed by atoms with Gasteiger partial charge in [0.25, 0.3) is 0 Å². The molecule has 0 saturated heterocycles. The molecule has 0 aliphatic heterocycles. The van der Waals surface area contributed by atoms with Gasteiger partial charge in [-0.1, -0.05) is 0 Å². The average molecular weight is 289 g/mol. The topological polar surface area (TPSA) is 64.7 Å². The van der Waals surface area contributed by atoms with E-state index in [1.807, 2.05) is 37.8 Å². The van der Waals surface area contributed by atoms with Crippen LogP contribution in [0.5, 0.6) is 0 Å². The van der Waals surface area contributed by atoms with E-state index in [9.17, 15) is 4.79 Å². The molecule has 1 unspecified atom stereocenters. The SMILES string of the molecule is CCn1ncc(C(C)NC(=O)CCn2cc(C)cn2)c1C. The number of hydrogen-bond donors (Lipinski definition) is 1. The summed E-state index contributed by atoms with van der Waals surface area (Å²) >= 11 is 0. The molecule has 1 N–H and O–H groups in total. The molecule has 1 amide bonds. The molecule has 1 atom stereocenters. The number of aryl methyl sites for hydroxylation is 3. The zero-order valence-electron chi connectivity index (χ0n) is 13.1. The van der Waals surface area contributed by atoms with Crippen molar-refractivity contribution in [3.05, 3.63) is 35.4 Å². The Morgan fingerprint density at radius 2 is 2.10 bits per heavy atom. The van der Waals surface area contributed by atoms with Crippen LogP contribution in [0, 0.1) is 13.8 Å². The minimum atomic E-state index is -0.0304. The highest BCUT2D eigenvalue weighted by atomic mass is 16.1. The van der Waals surface area contributed by atoms with Gasteiger partial charge in [0.15, 0.2) is 0 Å². The van der Waals surface area contributed by atoms with E-state index in [1.54, 1.807) is 10.9 Å². The summed E-state index contributed by atoms with van der Waals surface area (Å²) in [7, 11) is 0. The maximum Gasteiger partial charge on any atom is 0.222 e. The Labute approximate surface area is 125 Å². The van der Waals surface area contributed by atoms with E-state index in [2.05, 4.69) is 22.4 Å². The molecule has 2 aromatic heterocycles. The van der Waals surface area contributed by atoms with Crippen molar-refractivity contribution in [1.29, 1.82) is 0 Å². The fraction of sp³-hybridized carbons (Fsp3) is 0.533. The predicted octanol–water partition coefficient (Wildman–Crippen LogP) is 1.98. The Morgan fingerprint density at radius 1 is 1.33 bits per heavy atom. The van der Waals surface area contributed by atoms with Gasteiger partial charge in [-0.3, -0.25) is 14.2 Å². The van der Waals surface area contributed by atoms with E-state index in [4.69, 9.17) is 0 Å². The lowest BCUT2D eigenvalue weighted by molar-refractivity contribution is -0.122. The zero-order valence-corrected chi connectivity index (χ0v) is 13.1. The molecule has 2 aromatic rings. The molecule has 0 radical (unpaired) electrons. The zero-order chi connectivity index (χ0) is 15.4. The Hall–Kier alpha value is -2.11. The highest BCUT2D eigenvalue weighted by Gasteiger charge is 2.15. The second kappa shape index (κ2) is 6.56. The molecular formula is C15H23N5O. The molecule has 0 aromatic carbocycles. The molecule has 6 heteroatoms. The number of hydrogen-bond acceptors (Lipinski definition) is 3. The summed E-state index contributed by atoms with van der Waals surface area (Å²) in [5.74, 6) is 0.0271. The summed E-state index contributed by atoms with van der Waals surface area (Å²) in [5, 5.41) is 11.5. The predicted molar refractivity (Wildman–Crippen MR) is 80.8 cm³/mol. The Kier molecular flexibility index (Phi) is 4.77. The highest BCUT2D eigenvalue weighted by Crippen LogP contribution is 2.16. The van der Waals surface area contributed by atoms with Crippen molar-refractivity contribution in [2.45, 2.75) is 53.2 Å². The third kappa shape index (κ3) is 3.71. The van der Waals surface area contributed by atoms with Crippen molar-refractivity contribution in [2.75, 3.05) is 0 Å². The molecule has 0 spiro atoms. The summed E-state index contributed by atoms with van der Waals surface area (Å²) in [6, 6.07) is -0.0304. The van der Waals surface area contributed by atoms with Gasteiger partial charge in [-0.25, -0.2) is 0 Å². The Balaban J connectivity index is 1.88. The van der Waals surface area contributed by atoms with Crippen molar-refractivity contribution in [3.63, 3.8) is 0 Å². The standard InChI is InChI=1S/C15H23N5O/c1-5-20-13(4)14(9-17-20)12(3)18-15(21)6-7-19-10-11(2)8-16-19/h8-10,12H,5-7H2,1-4H3,(H,18,21). The molecule has 2 rings (SSSR count). The first-order valence-electron chi connectivity index (χ1n) is 7.32. The molecule has 0 aliphatic carbocycles. The first-order chi connectivity index (χ1) is 10.0. The molecule has 0 saturated carbocycles. The van der Waals surface area contributed by atoms with Crippen LogP contribution in [0.25, 0.3) is 0 Å². The molecule has 0 bridgehead atoms. The second-order valence-electron chi connectivity index (χ2n) is 5.32. The van der Waals surface area contributed by atoms with Crippen LogP contribution < -0.4 is 5.32 Å². The van der Waals surface area contributed by atoms with Crippen molar-refractivity contribution in [2.24, 2.45) is 0 Å². The quantitative estimate of drug-likeness (QED) is 0.884. The number of amides is 1. The van der Waals surface area contributed by atoms with Crippen LogP contribution in [0.2, 0.25) is 0 Å². The van der Waals surface area contributed by atoms with Crippen LogP contribution in [0.3, 0.4) is 0 Å². The van der Waals surface area contributed by atoms with Crippen LogP contribution in [-0.2, 0) is 17.9 Å². The number of aromatic nitrogens is 4. The van der Waals surface area contributed by atoms with E-state index >= 15 is 0 Å². The van der Waals surface area contributed by atoms with Gasteiger partial charge in [0.05, 0.1) is 18.4 Å². The molecule has 6 nitrogen and oxygen atoms in total. The maximum atomic E-state index is 12.0. The highest BCUT2D eigenvalue weighted by molar-refractivity contribution is 5.76. The van der Waals surface area contributed by atoms with Crippen molar-refractivity contribution in [1.82, 2.24) is 24.9 Å². The third-order valence-corrected chi connectivity index (χ3v) is 3.61. The van der Waals surface area contributed by atoms with Gasteiger partial charge in [0, 0.05) is 37.0 Å². The van der Waals surface area contributed by atoms with E-state index in [0.717, 1.165) is 23.4 Å². The van der Waals surface area contributed by atoms with Crippen LogP contribution in [0.15, 0.2) is 18.6 Å².